The molecular weight excluding hydrogens is 536 g/mol. The molecule has 0 fully saturated rings. The van der Waals surface area contributed by atoms with Crippen molar-refractivity contribution >= 4 is 28.3 Å². The Kier molecular flexibility index (Phi) is 19.9. The average Bonchev–Trinajstić information content (AvgIpc) is 2.52. The fourth-order valence-corrected chi connectivity index (χ4v) is 2.68. The van der Waals surface area contributed by atoms with Gasteiger partial charge in [-0.05, 0) is 55.4 Å². The van der Waals surface area contributed by atoms with Crippen molar-refractivity contribution in [3.63, 3.8) is 0 Å². The van der Waals surface area contributed by atoms with Crippen LogP contribution in [0.15, 0.2) is 0 Å². The van der Waals surface area contributed by atoms with Crippen LogP contribution in [0.25, 0.3) is 0 Å². The van der Waals surface area contributed by atoms with Gasteiger partial charge >= 0.3 is 45.7 Å². The van der Waals surface area contributed by atoms with E-state index in [0.29, 0.717) is 0 Å². The number of rotatable bonds is 8. The van der Waals surface area contributed by atoms with Crippen molar-refractivity contribution < 1.29 is 22.2 Å². The molecule has 0 aromatic carbocycles. The molecule has 0 radical (unpaired) electrons. The molecule has 152 valence electrons. The van der Waals surface area contributed by atoms with Crippen molar-refractivity contribution in [2.75, 3.05) is 52.4 Å². The van der Waals surface area contributed by atoms with Crippen molar-refractivity contribution in [2.45, 2.75) is 55.4 Å². The Labute approximate surface area is 161 Å². The number of hydrogen-bond donors (Lipinski definition) is 1. The van der Waals surface area contributed by atoms with Gasteiger partial charge in [0.1, 0.15) is 0 Å². The first-order valence-corrected chi connectivity index (χ1v) is 18.5. The van der Waals surface area contributed by atoms with Crippen LogP contribution in [0, 0.1) is 0 Å². The topological polar surface area (TPSA) is 26.0 Å². The summed E-state index contributed by atoms with van der Waals surface area (Å²) in [5.41, 5.74) is 0. The van der Waals surface area contributed by atoms with Crippen LogP contribution >= 0.6 is 28.3 Å². The molecule has 0 amide bonds. The normalized spacial score (nSPS) is 12.7. The van der Waals surface area contributed by atoms with E-state index in [-0.39, 0.29) is 0 Å². The number of nitrogens with two attached hydrogens (primary N) is 1. The van der Waals surface area contributed by atoms with Crippen LogP contribution in [-0.2, 0) is 13.2 Å². The third-order valence-electron chi connectivity index (χ3n) is 5.37. The Hall–Kier alpha value is 1.44. The number of halogens is 3. The summed E-state index contributed by atoms with van der Waals surface area (Å²) in [6.45, 7) is 28.4. The summed E-state index contributed by atoms with van der Waals surface area (Å²) in [6.07, 6.45) is 0. The Morgan fingerprint density at radius 2 is 0.609 bits per heavy atom. The predicted octanol–water partition coefficient (Wildman–Crippen LogP) is 5.24. The summed E-state index contributed by atoms with van der Waals surface area (Å²) in [4.78, 5) is 0. The molecule has 23 heavy (non-hydrogen) atoms. The van der Waals surface area contributed by atoms with Gasteiger partial charge in [0.05, 0.1) is 52.4 Å². The number of hydrogen-bond acceptors (Lipinski definition) is 1. The van der Waals surface area contributed by atoms with E-state index in [9.17, 15) is 0 Å². The van der Waals surface area contributed by atoms with Crippen LogP contribution < -0.4 is 4.29 Å². The van der Waals surface area contributed by atoms with Gasteiger partial charge in [-0.15, -0.1) is 0 Å². The van der Waals surface area contributed by atoms with E-state index in [2.05, 4.69) is 55.4 Å². The summed E-state index contributed by atoms with van der Waals surface area (Å²) in [5.74, 6) is 0. The molecule has 0 spiro atoms. The van der Waals surface area contributed by atoms with Crippen LogP contribution in [0.4, 0.5) is 0 Å². The van der Waals surface area contributed by atoms with Crippen LogP contribution in [0.2, 0.25) is 0 Å². The maximum absolute atomic E-state index is 5.02. The summed E-state index contributed by atoms with van der Waals surface area (Å²) in [5, 5.41) is 0. The Bertz CT molecular complexity index is 192. The molecule has 7 heteroatoms. The quantitative estimate of drug-likeness (QED) is 0.393. The number of nitrogens with zero attached hydrogens (tertiary/aromatic N) is 2. The third-order valence-corrected chi connectivity index (χ3v) is 5.37. The minimum atomic E-state index is -3.03. The van der Waals surface area contributed by atoms with Crippen LogP contribution in [0.5, 0.6) is 0 Å². The number of quaternary nitrogens is 2. The van der Waals surface area contributed by atoms with E-state index in [0.717, 1.165) is 0 Å². The second kappa shape index (κ2) is 15.7. The fraction of sp³-hybridized carbons (Fsp3) is 1.00. The predicted molar refractivity (Wildman–Crippen MR) is 107 cm³/mol. The van der Waals surface area contributed by atoms with E-state index in [1.165, 1.54) is 61.3 Å². The van der Waals surface area contributed by atoms with E-state index in [4.69, 9.17) is 32.5 Å². The molecule has 0 rings (SSSR count). The van der Waals surface area contributed by atoms with Crippen molar-refractivity contribution in [1.82, 2.24) is 0 Å². The van der Waals surface area contributed by atoms with Gasteiger partial charge in [-0.3, -0.25) is 0 Å². The van der Waals surface area contributed by atoms with E-state index in [1.54, 1.807) is 0 Å². The first-order chi connectivity index (χ1) is 10.5. The Morgan fingerprint density at radius 1 is 0.522 bits per heavy atom. The molecule has 0 unspecified atom stereocenters. The zero-order valence-corrected chi connectivity index (χ0v) is 21.1. The van der Waals surface area contributed by atoms with Gasteiger partial charge in [0.15, 0.2) is 0 Å². The molecule has 0 saturated heterocycles. The molecule has 0 atom stereocenters. The van der Waals surface area contributed by atoms with Gasteiger partial charge in [-0.1, -0.05) is 0 Å². The van der Waals surface area contributed by atoms with Gasteiger partial charge in [0.2, 0.25) is 0 Å². The van der Waals surface area contributed by atoms with Gasteiger partial charge in [-0.2, -0.15) is 0 Å². The summed E-state index contributed by atoms with van der Waals surface area (Å²) in [6, 6.07) is 0. The molecule has 2 N–H and O–H groups in total. The van der Waals surface area contributed by atoms with Crippen molar-refractivity contribution in [3.8, 4) is 0 Å². The zero-order chi connectivity index (χ0) is 19.2. The third kappa shape index (κ3) is 16.6. The van der Waals surface area contributed by atoms with E-state index < -0.39 is 13.2 Å². The molecule has 0 aliphatic rings. The van der Waals surface area contributed by atoms with Gasteiger partial charge in [0, 0.05) is 0 Å². The molecule has 0 aliphatic heterocycles. The Morgan fingerprint density at radius 3 is 0.609 bits per heavy atom. The molecule has 0 saturated carbocycles. The zero-order valence-electron chi connectivity index (χ0n) is 16.6. The summed E-state index contributed by atoms with van der Waals surface area (Å²) >= 11 is -3.03. The van der Waals surface area contributed by atoms with Crippen molar-refractivity contribution in [3.05, 3.63) is 0 Å². The average molecular weight is 578 g/mol. The first kappa shape index (κ1) is 29.2. The molecule has 0 bridgehead atoms. The van der Waals surface area contributed by atoms with E-state index in [1.807, 2.05) is 0 Å². The van der Waals surface area contributed by atoms with Crippen LogP contribution in [0.3, 0.4) is 0 Å². The molecule has 0 aromatic rings. The second-order valence-electron chi connectivity index (χ2n) is 5.56. The summed E-state index contributed by atoms with van der Waals surface area (Å²) < 4.78 is 7.39. The van der Waals surface area contributed by atoms with Gasteiger partial charge < -0.3 is 8.97 Å². The minimum absolute atomic E-state index is 1.28. The van der Waals surface area contributed by atoms with Gasteiger partial charge in [0.25, 0.3) is 0 Å². The molecular formula is C16H42Cl3N3Pt. The fourth-order valence-electron chi connectivity index (χ4n) is 2.68. The molecule has 0 aromatic heterocycles. The SMILES string of the molecule is CC[N+](CC)(CC)CC.CC[N+](CC)(CC)CC.[NH2][Pt-2]([Cl])([Cl])[Cl]. The maximum atomic E-state index is 5.02. The standard InChI is InChI=1S/2C8H20N.3ClH.H2N.Pt/c2*1-5-9(6-2,7-3)8-4;;;;;/h2*5-8H2,1-4H3;3*1H;1H2;/q2*+1;;;;-1;+2/p-3. The summed E-state index contributed by atoms with van der Waals surface area (Å²) in [7, 11) is 15.1. The van der Waals surface area contributed by atoms with E-state index >= 15 is 0 Å². The molecule has 0 heterocycles. The Balaban J connectivity index is -0.000000273. The van der Waals surface area contributed by atoms with Crippen molar-refractivity contribution in [1.29, 1.82) is 0 Å². The van der Waals surface area contributed by atoms with Crippen molar-refractivity contribution in [2.24, 2.45) is 4.29 Å². The monoisotopic (exact) mass is 576 g/mol. The molecule has 3 nitrogen and oxygen atoms in total. The van der Waals surface area contributed by atoms with Gasteiger partial charge in [-0.25, -0.2) is 0 Å². The second-order valence-corrected chi connectivity index (χ2v) is 20.3. The van der Waals surface area contributed by atoms with Crippen LogP contribution in [0.1, 0.15) is 55.4 Å². The van der Waals surface area contributed by atoms with Crippen LogP contribution in [-0.4, -0.2) is 61.3 Å². The first-order valence-electron chi connectivity index (χ1n) is 8.73. The molecule has 0 aliphatic carbocycles.